The van der Waals surface area contributed by atoms with Crippen LogP contribution in [0.15, 0.2) is 18.2 Å². The lowest BCUT2D eigenvalue weighted by atomic mass is 9.98. The average molecular weight is 371 g/mol. The maximum atomic E-state index is 12.3. The Kier molecular flexibility index (Phi) is 8.38. The molecule has 0 heterocycles. The largest absolute Gasteiger partial charge is 0.385 e. The van der Waals surface area contributed by atoms with Crippen LogP contribution in [0.2, 0.25) is 0 Å². The van der Waals surface area contributed by atoms with Crippen LogP contribution in [0, 0.1) is 6.92 Å². The van der Waals surface area contributed by atoms with Crippen molar-refractivity contribution in [2.24, 2.45) is 0 Å². The smallest absolute Gasteiger partial charge is 0.232 e. The molecule has 1 aromatic rings. The van der Waals surface area contributed by atoms with Crippen LogP contribution in [0.25, 0.3) is 0 Å². The van der Waals surface area contributed by atoms with Crippen LogP contribution in [-0.4, -0.2) is 47.4 Å². The first kappa shape index (κ1) is 21.4. The van der Waals surface area contributed by atoms with E-state index in [2.05, 4.69) is 5.32 Å². The van der Waals surface area contributed by atoms with Gasteiger partial charge in [-0.1, -0.05) is 32.0 Å². The minimum Gasteiger partial charge on any atom is -0.385 e. The van der Waals surface area contributed by atoms with Gasteiger partial charge in [0.15, 0.2) is 0 Å². The van der Waals surface area contributed by atoms with E-state index in [4.69, 9.17) is 4.74 Å². The summed E-state index contributed by atoms with van der Waals surface area (Å²) in [6, 6.07) is 5.76. The lowest BCUT2D eigenvalue weighted by molar-refractivity contribution is -0.120. The van der Waals surface area contributed by atoms with Crippen molar-refractivity contribution in [1.82, 2.24) is 5.32 Å². The van der Waals surface area contributed by atoms with Gasteiger partial charge in [-0.15, -0.1) is 0 Å². The molecule has 0 radical (unpaired) electrons. The molecule has 0 saturated heterocycles. The number of methoxy groups -OCH3 is 1. The fraction of sp³-hybridized carbons (Fsp3) is 0.611. The first-order chi connectivity index (χ1) is 11.7. The van der Waals surface area contributed by atoms with E-state index in [1.54, 1.807) is 7.11 Å². The van der Waals surface area contributed by atoms with Crippen molar-refractivity contribution in [3.8, 4) is 0 Å². The number of para-hydroxylation sites is 1. The average Bonchev–Trinajstić information content (AvgIpc) is 2.51. The Bertz CT molecular complexity index is 672. The third-order valence-corrected chi connectivity index (χ3v) is 5.10. The third-order valence-electron chi connectivity index (χ3n) is 3.93. The summed E-state index contributed by atoms with van der Waals surface area (Å²) in [7, 11) is -1.88. The molecule has 0 bridgehead atoms. The van der Waals surface area contributed by atoms with E-state index >= 15 is 0 Å². The number of nitrogens with one attached hydrogen (secondary N) is 1. The van der Waals surface area contributed by atoms with E-state index in [1.165, 1.54) is 10.6 Å². The van der Waals surface area contributed by atoms with Gasteiger partial charge >= 0.3 is 0 Å². The van der Waals surface area contributed by atoms with Crippen LogP contribution in [0.4, 0.5) is 5.69 Å². The van der Waals surface area contributed by atoms with E-state index in [-0.39, 0.29) is 24.8 Å². The van der Waals surface area contributed by atoms with Crippen molar-refractivity contribution in [2.75, 3.05) is 37.4 Å². The second kappa shape index (κ2) is 9.77. The zero-order valence-electron chi connectivity index (χ0n) is 15.8. The molecule has 6 nitrogen and oxygen atoms in total. The van der Waals surface area contributed by atoms with Gasteiger partial charge < -0.3 is 10.1 Å². The number of sulfonamides is 1. The molecule has 7 heteroatoms. The number of carbonyl (C=O) groups is 1. The first-order valence-corrected chi connectivity index (χ1v) is 10.4. The zero-order valence-corrected chi connectivity index (χ0v) is 16.6. The van der Waals surface area contributed by atoms with Gasteiger partial charge in [0.2, 0.25) is 15.9 Å². The number of aryl methyl sites for hydroxylation is 1. The first-order valence-electron chi connectivity index (χ1n) is 8.51. The van der Waals surface area contributed by atoms with Crippen molar-refractivity contribution >= 4 is 21.6 Å². The van der Waals surface area contributed by atoms with Crippen LogP contribution < -0.4 is 9.62 Å². The number of nitrogens with zero attached hydrogens (tertiary/aromatic N) is 1. The minimum atomic E-state index is -3.49. The highest BCUT2D eigenvalue weighted by Crippen LogP contribution is 2.32. The molecular weight excluding hydrogens is 340 g/mol. The Labute approximate surface area is 151 Å². The lowest BCUT2D eigenvalue weighted by Gasteiger charge is -2.28. The van der Waals surface area contributed by atoms with Gasteiger partial charge in [-0.3, -0.25) is 9.10 Å². The van der Waals surface area contributed by atoms with Crippen LogP contribution >= 0.6 is 0 Å². The summed E-state index contributed by atoms with van der Waals surface area (Å²) >= 11 is 0. The maximum Gasteiger partial charge on any atom is 0.232 e. The normalized spacial score (nSPS) is 11.6. The number of ether oxygens (including phenoxy) is 1. The minimum absolute atomic E-state index is 0.117. The monoisotopic (exact) mass is 370 g/mol. The highest BCUT2D eigenvalue weighted by molar-refractivity contribution is 7.92. The van der Waals surface area contributed by atoms with Crippen molar-refractivity contribution in [1.29, 1.82) is 0 Å². The number of amides is 1. The van der Waals surface area contributed by atoms with E-state index in [0.717, 1.165) is 17.5 Å². The Morgan fingerprint density at radius 3 is 2.56 bits per heavy atom. The van der Waals surface area contributed by atoms with E-state index in [1.807, 2.05) is 39.0 Å². The summed E-state index contributed by atoms with van der Waals surface area (Å²) in [6.45, 7) is 7.18. The molecule has 25 heavy (non-hydrogen) atoms. The molecule has 0 aliphatic carbocycles. The van der Waals surface area contributed by atoms with Crippen LogP contribution in [0.5, 0.6) is 0 Å². The van der Waals surface area contributed by atoms with Gasteiger partial charge in [-0.25, -0.2) is 8.42 Å². The van der Waals surface area contributed by atoms with Crippen molar-refractivity contribution in [2.45, 2.75) is 39.5 Å². The summed E-state index contributed by atoms with van der Waals surface area (Å²) in [5.41, 5.74) is 2.54. The predicted octanol–water partition coefficient (Wildman–Crippen LogP) is 2.43. The Morgan fingerprint density at radius 1 is 1.32 bits per heavy atom. The van der Waals surface area contributed by atoms with Crippen LogP contribution in [0.3, 0.4) is 0 Å². The lowest BCUT2D eigenvalue weighted by Crippen LogP contribution is -2.36. The predicted molar refractivity (Wildman–Crippen MR) is 102 cm³/mol. The zero-order chi connectivity index (χ0) is 19.0. The third kappa shape index (κ3) is 6.66. The molecule has 0 saturated carbocycles. The molecule has 0 aromatic heterocycles. The van der Waals surface area contributed by atoms with E-state index in [9.17, 15) is 13.2 Å². The maximum absolute atomic E-state index is 12.3. The molecule has 0 fully saturated rings. The van der Waals surface area contributed by atoms with E-state index in [0.29, 0.717) is 18.8 Å². The molecule has 0 aliphatic heterocycles. The number of hydrogen-bond acceptors (Lipinski definition) is 4. The second-order valence-corrected chi connectivity index (χ2v) is 8.36. The van der Waals surface area contributed by atoms with Gasteiger partial charge in [0, 0.05) is 33.2 Å². The van der Waals surface area contributed by atoms with Crippen molar-refractivity contribution < 1.29 is 17.9 Å². The molecule has 1 aromatic carbocycles. The summed E-state index contributed by atoms with van der Waals surface area (Å²) in [5, 5.41) is 2.79. The van der Waals surface area contributed by atoms with Gasteiger partial charge in [-0.2, -0.15) is 0 Å². The second-order valence-electron chi connectivity index (χ2n) is 6.45. The summed E-state index contributed by atoms with van der Waals surface area (Å²) in [6.07, 6.45) is 2.03. The highest BCUT2D eigenvalue weighted by Gasteiger charge is 2.23. The fourth-order valence-electron chi connectivity index (χ4n) is 2.67. The quantitative estimate of drug-likeness (QED) is 0.642. The standard InChI is InChI=1S/C18H30N2O4S/c1-14(2)16-9-6-8-15(3)18(16)20(25(5,22)23)12-10-17(21)19-11-7-13-24-4/h6,8-9,14H,7,10-13H2,1-5H3,(H,19,21). The summed E-state index contributed by atoms with van der Waals surface area (Å²) in [4.78, 5) is 12.0. The fourth-order valence-corrected chi connectivity index (χ4v) is 3.67. The van der Waals surface area contributed by atoms with Gasteiger partial charge in [-0.05, 0) is 30.4 Å². The van der Waals surface area contributed by atoms with Crippen molar-refractivity contribution in [3.63, 3.8) is 0 Å². The number of anilines is 1. The number of benzene rings is 1. The Hall–Kier alpha value is -1.60. The van der Waals surface area contributed by atoms with Crippen molar-refractivity contribution in [3.05, 3.63) is 29.3 Å². The molecule has 142 valence electrons. The molecule has 0 atom stereocenters. The topological polar surface area (TPSA) is 75.7 Å². The highest BCUT2D eigenvalue weighted by atomic mass is 32.2. The van der Waals surface area contributed by atoms with Gasteiger partial charge in [0.25, 0.3) is 0 Å². The molecule has 0 unspecified atom stereocenters. The molecule has 0 aliphatic rings. The van der Waals surface area contributed by atoms with Gasteiger partial charge in [0.05, 0.1) is 11.9 Å². The SMILES string of the molecule is COCCCNC(=O)CCN(c1c(C)cccc1C(C)C)S(C)(=O)=O. The molecule has 0 spiro atoms. The summed E-state index contributed by atoms with van der Waals surface area (Å²) in [5.74, 6) is 0.0199. The number of rotatable bonds is 10. The van der Waals surface area contributed by atoms with Gasteiger partial charge in [0.1, 0.15) is 0 Å². The molecule has 1 rings (SSSR count). The molecular formula is C18H30N2O4S. The van der Waals surface area contributed by atoms with E-state index < -0.39 is 10.0 Å². The Balaban J connectivity index is 2.93. The number of hydrogen-bond donors (Lipinski definition) is 1. The van der Waals surface area contributed by atoms with Crippen LogP contribution in [-0.2, 0) is 19.6 Å². The van der Waals surface area contributed by atoms with Crippen LogP contribution in [0.1, 0.15) is 43.7 Å². The Morgan fingerprint density at radius 2 is 2.00 bits per heavy atom. The molecule has 1 N–H and O–H groups in total. The number of carbonyl (C=O) groups excluding carboxylic acids is 1. The molecule has 1 amide bonds. The summed E-state index contributed by atoms with van der Waals surface area (Å²) < 4.78 is 31.0.